The molecule has 1 atom stereocenters. The van der Waals surface area contributed by atoms with Crippen LogP contribution in [0.5, 0.6) is 0 Å². The summed E-state index contributed by atoms with van der Waals surface area (Å²) in [6.07, 6.45) is -4.65. The van der Waals surface area contributed by atoms with Gasteiger partial charge in [-0.2, -0.15) is 13.2 Å². The Bertz CT molecular complexity index is 431. The van der Waals surface area contributed by atoms with E-state index in [9.17, 15) is 17.4 Å². The minimum atomic E-state index is -4.65. The van der Waals surface area contributed by atoms with Crippen LogP contribution in [0.25, 0.3) is 0 Å². The lowest BCUT2D eigenvalue weighted by atomic mass is 10.1. The highest BCUT2D eigenvalue weighted by Crippen LogP contribution is 2.34. The Morgan fingerprint density at radius 2 is 2.06 bits per heavy atom. The summed E-state index contributed by atoms with van der Waals surface area (Å²) in [5.41, 5.74) is -0.567. The predicted molar refractivity (Wildman–Crippen MR) is 52.6 cm³/mol. The first-order valence-electron chi connectivity index (χ1n) is 4.12. The minimum absolute atomic E-state index is 0.0815. The van der Waals surface area contributed by atoms with Gasteiger partial charge in [0.2, 0.25) is 0 Å². The van der Waals surface area contributed by atoms with E-state index in [1.807, 2.05) is 0 Å². The van der Waals surface area contributed by atoms with Gasteiger partial charge in [-0.25, -0.2) is 4.21 Å². The van der Waals surface area contributed by atoms with Crippen LogP contribution < -0.4 is 0 Å². The number of aliphatic hydroxyl groups excluding tert-OH is 1. The molecule has 16 heavy (non-hydrogen) atoms. The molecule has 0 aliphatic rings. The highest BCUT2D eigenvalue weighted by Gasteiger charge is 2.34. The third-order valence-corrected chi connectivity index (χ3v) is 2.86. The van der Waals surface area contributed by atoms with Crippen molar-refractivity contribution in [2.45, 2.75) is 17.7 Å². The molecule has 0 aliphatic carbocycles. The average molecular weight is 251 g/mol. The van der Waals surface area contributed by atoms with Crippen LogP contribution in [0.15, 0.2) is 23.1 Å². The van der Waals surface area contributed by atoms with Crippen molar-refractivity contribution in [2.24, 2.45) is 0 Å². The molecule has 7 heteroatoms. The molecule has 0 radical (unpaired) electrons. The Labute approximate surface area is 91.9 Å². The zero-order valence-corrected chi connectivity index (χ0v) is 8.73. The van der Waals surface area contributed by atoms with Crippen LogP contribution >= 0.6 is 0 Å². The molecule has 1 unspecified atom stereocenters. The normalized spacial score (nSPS) is 13.5. The quantitative estimate of drug-likeness (QED) is 0.636. The van der Waals surface area contributed by atoms with E-state index in [0.717, 1.165) is 12.1 Å². The summed E-state index contributed by atoms with van der Waals surface area (Å²) in [6.45, 7) is -0.527. The number of hydrogen-bond donors (Lipinski definition) is 2. The topological polar surface area (TPSA) is 61.2 Å². The second-order valence-electron chi connectivity index (χ2n) is 2.90. The molecule has 0 bridgehead atoms. The lowest BCUT2D eigenvalue weighted by Gasteiger charge is -2.12. The molecule has 1 rings (SSSR count). The number of halogens is 3. The summed E-state index contributed by atoms with van der Waals surface area (Å²) in [7, 11) is -2.12. The summed E-state index contributed by atoms with van der Waals surface area (Å²) in [5, 5.41) is 15.4. The Morgan fingerprint density at radius 3 is 2.50 bits per heavy atom. The monoisotopic (exact) mass is 251 g/mol. The Morgan fingerprint density at radius 1 is 1.44 bits per heavy atom. The van der Waals surface area contributed by atoms with Crippen LogP contribution in [0.4, 0.5) is 13.2 Å². The fraction of sp³-hybridized carbons (Fsp3) is 0.222. The lowest BCUT2D eigenvalue weighted by molar-refractivity contribution is -0.139. The molecular weight excluding hydrogens is 243 g/mol. The van der Waals surface area contributed by atoms with Crippen LogP contribution in [-0.2, 0) is 23.6 Å². The van der Waals surface area contributed by atoms with Crippen LogP contribution in [0.1, 0.15) is 11.1 Å². The minimum Gasteiger partial charge on any atom is -0.392 e. The summed E-state index contributed by atoms with van der Waals surface area (Å²) >= 11 is 0. The maximum atomic E-state index is 12.6. The highest BCUT2D eigenvalue weighted by atomic mass is 32.2. The van der Waals surface area contributed by atoms with Gasteiger partial charge in [0, 0.05) is 0 Å². The number of nitrogens with one attached hydrogen (secondary N) is 1. The third-order valence-electron chi connectivity index (χ3n) is 1.86. The molecule has 2 N–H and O–H groups in total. The van der Waals surface area contributed by atoms with Crippen molar-refractivity contribution in [1.29, 1.82) is 5.41 Å². The molecule has 88 valence electrons. The molecule has 0 saturated carbocycles. The van der Waals surface area contributed by atoms with Gasteiger partial charge in [0.05, 0.1) is 33.4 Å². The molecule has 0 heterocycles. The smallest absolute Gasteiger partial charge is 0.392 e. The first-order valence-corrected chi connectivity index (χ1v) is 5.33. The van der Waals surface area contributed by atoms with E-state index in [4.69, 9.17) is 10.5 Å². The number of aliphatic hydroxyl groups is 1. The summed E-state index contributed by atoms with van der Waals surface area (Å²) in [5.74, 6) is 0. The number of benzene rings is 1. The number of hydrogen-bond acceptors (Lipinski definition) is 3. The molecular formula is C9H8F3NO2S. The molecule has 0 saturated heterocycles. The number of alkyl halides is 3. The van der Waals surface area contributed by atoms with Crippen molar-refractivity contribution in [1.82, 2.24) is 0 Å². The second-order valence-corrected chi connectivity index (χ2v) is 4.17. The highest BCUT2D eigenvalue weighted by molar-refractivity contribution is 7.98. The van der Waals surface area contributed by atoms with Crippen molar-refractivity contribution in [3.8, 4) is 0 Å². The molecule has 0 amide bonds. The van der Waals surface area contributed by atoms with Crippen LogP contribution in [0.2, 0.25) is 0 Å². The van der Waals surface area contributed by atoms with Crippen LogP contribution in [0, 0.1) is 5.41 Å². The molecule has 0 fully saturated rings. The maximum absolute atomic E-state index is 12.6. The molecule has 0 aliphatic heterocycles. The summed E-state index contributed by atoms with van der Waals surface area (Å²) < 4.78 is 48.9. The zero-order chi connectivity index (χ0) is 12.3. The van der Waals surface area contributed by atoms with Gasteiger partial charge in [0.15, 0.2) is 0 Å². The van der Waals surface area contributed by atoms with E-state index < -0.39 is 34.0 Å². The fourth-order valence-corrected chi connectivity index (χ4v) is 1.86. The van der Waals surface area contributed by atoms with Crippen molar-refractivity contribution >= 4 is 16.3 Å². The Kier molecular flexibility index (Phi) is 3.82. The van der Waals surface area contributed by atoms with E-state index in [1.165, 1.54) is 6.07 Å². The van der Waals surface area contributed by atoms with Gasteiger partial charge in [-0.05, 0) is 17.7 Å². The SMILES string of the molecule is N=CS(=O)c1ccc(CO)cc1C(F)(F)F. The summed E-state index contributed by atoms with van der Waals surface area (Å²) in [6, 6.07) is 2.98. The van der Waals surface area contributed by atoms with E-state index in [0.29, 0.717) is 5.55 Å². The summed E-state index contributed by atoms with van der Waals surface area (Å²) in [4.78, 5) is -0.472. The molecule has 1 aromatic carbocycles. The van der Waals surface area contributed by atoms with Crippen LogP contribution in [0.3, 0.4) is 0 Å². The predicted octanol–water partition coefficient (Wildman–Crippen LogP) is 1.91. The van der Waals surface area contributed by atoms with Gasteiger partial charge in [-0.1, -0.05) is 6.07 Å². The number of rotatable bonds is 3. The third kappa shape index (κ3) is 2.67. The molecule has 3 nitrogen and oxygen atoms in total. The first kappa shape index (κ1) is 12.9. The van der Waals surface area contributed by atoms with Crippen molar-refractivity contribution < 1.29 is 22.5 Å². The van der Waals surface area contributed by atoms with E-state index >= 15 is 0 Å². The fourth-order valence-electron chi connectivity index (χ4n) is 1.14. The van der Waals surface area contributed by atoms with E-state index in [-0.39, 0.29) is 5.56 Å². The van der Waals surface area contributed by atoms with Crippen molar-refractivity contribution in [3.63, 3.8) is 0 Å². The molecule has 1 aromatic rings. The van der Waals surface area contributed by atoms with Gasteiger partial charge < -0.3 is 5.11 Å². The van der Waals surface area contributed by atoms with Crippen molar-refractivity contribution in [3.05, 3.63) is 29.3 Å². The zero-order valence-electron chi connectivity index (χ0n) is 7.91. The molecule has 0 spiro atoms. The average Bonchev–Trinajstić information content (AvgIpc) is 2.26. The second kappa shape index (κ2) is 4.75. The largest absolute Gasteiger partial charge is 0.417 e. The molecule has 0 aromatic heterocycles. The van der Waals surface area contributed by atoms with Gasteiger partial charge in [0.1, 0.15) is 0 Å². The standard InChI is InChI=1S/C9H8F3NO2S/c10-9(11,12)7-3-6(4-14)1-2-8(7)16(15)5-13/h1-3,5,13-14H,4H2. The van der Waals surface area contributed by atoms with Gasteiger partial charge in [-0.15, -0.1) is 0 Å². The Hall–Kier alpha value is -1.21. The Balaban J connectivity index is 3.39. The van der Waals surface area contributed by atoms with Crippen LogP contribution in [-0.4, -0.2) is 14.9 Å². The van der Waals surface area contributed by atoms with Crippen molar-refractivity contribution in [2.75, 3.05) is 0 Å². The maximum Gasteiger partial charge on any atom is 0.417 e. The van der Waals surface area contributed by atoms with E-state index in [2.05, 4.69) is 0 Å². The lowest BCUT2D eigenvalue weighted by Crippen LogP contribution is -2.11. The van der Waals surface area contributed by atoms with Gasteiger partial charge in [-0.3, -0.25) is 5.41 Å². The van der Waals surface area contributed by atoms with Gasteiger partial charge in [0.25, 0.3) is 0 Å². The van der Waals surface area contributed by atoms with Gasteiger partial charge >= 0.3 is 6.18 Å². The first-order chi connectivity index (χ1) is 7.40. The van der Waals surface area contributed by atoms with E-state index in [1.54, 1.807) is 0 Å².